The number of hydrogen-bond acceptors (Lipinski definition) is 4. The van der Waals surface area contributed by atoms with Crippen LogP contribution < -0.4 is 14.8 Å². The highest BCUT2D eigenvalue weighted by molar-refractivity contribution is 5.78. The van der Waals surface area contributed by atoms with Crippen LogP contribution >= 0.6 is 0 Å². The summed E-state index contributed by atoms with van der Waals surface area (Å²) in [6, 6.07) is 7.39. The van der Waals surface area contributed by atoms with Crippen LogP contribution in [-0.4, -0.2) is 36.4 Å². The Morgan fingerprint density at radius 2 is 1.62 bits per heavy atom. The first-order valence-corrected chi connectivity index (χ1v) is 7.42. The van der Waals surface area contributed by atoms with Crippen LogP contribution in [0, 0.1) is 0 Å². The molecule has 1 aromatic rings. The summed E-state index contributed by atoms with van der Waals surface area (Å²) in [5.41, 5.74) is -0.859. The minimum atomic E-state index is -0.859. The third-order valence-corrected chi connectivity index (χ3v) is 3.59. The fraction of sp³-hybridized carbons (Fsp3) is 0.562. The van der Waals surface area contributed by atoms with E-state index >= 15 is 0 Å². The van der Waals surface area contributed by atoms with Crippen molar-refractivity contribution >= 4 is 5.97 Å². The number of ether oxygens (including phenoxy) is 2. The quantitative estimate of drug-likeness (QED) is 0.650. The highest BCUT2D eigenvalue weighted by Gasteiger charge is 2.33. The van der Waals surface area contributed by atoms with E-state index in [0.29, 0.717) is 32.6 Å². The lowest BCUT2D eigenvalue weighted by Gasteiger charge is -2.28. The number of benzene rings is 1. The van der Waals surface area contributed by atoms with Gasteiger partial charge in [-0.1, -0.05) is 13.8 Å². The summed E-state index contributed by atoms with van der Waals surface area (Å²) in [6.45, 7) is 7.22. The number of carbonyl (C=O) groups is 1. The first kappa shape index (κ1) is 17.3. The van der Waals surface area contributed by atoms with Gasteiger partial charge < -0.3 is 14.6 Å². The molecule has 0 saturated carbocycles. The molecule has 0 atom stereocenters. The third kappa shape index (κ3) is 4.93. The summed E-state index contributed by atoms with van der Waals surface area (Å²) in [6.07, 6.45) is 1.09. The zero-order valence-electron chi connectivity index (χ0n) is 13.0. The van der Waals surface area contributed by atoms with Crippen molar-refractivity contribution in [2.24, 2.45) is 0 Å². The molecular formula is C16H25NO4. The molecule has 0 heterocycles. The second kappa shape index (κ2) is 8.52. The highest BCUT2D eigenvalue weighted by atomic mass is 16.5. The Kier molecular flexibility index (Phi) is 7.02. The smallest absolute Gasteiger partial charge is 0.323 e. The van der Waals surface area contributed by atoms with Crippen LogP contribution in [-0.2, 0) is 4.79 Å². The van der Waals surface area contributed by atoms with Crippen molar-refractivity contribution in [2.45, 2.75) is 39.2 Å². The molecule has 0 aliphatic rings. The van der Waals surface area contributed by atoms with Crippen molar-refractivity contribution in [3.8, 4) is 11.5 Å². The zero-order valence-corrected chi connectivity index (χ0v) is 13.0. The fourth-order valence-electron chi connectivity index (χ4n) is 2.14. The number of carboxylic acid groups (broad SMARTS) is 1. The third-order valence-electron chi connectivity index (χ3n) is 3.59. The maximum Gasteiger partial charge on any atom is 0.323 e. The molecular weight excluding hydrogens is 270 g/mol. The predicted octanol–water partition coefficient (Wildman–Crippen LogP) is 2.70. The van der Waals surface area contributed by atoms with E-state index in [1.54, 1.807) is 0 Å². The lowest BCUT2D eigenvalue weighted by molar-refractivity contribution is -0.145. The molecule has 5 heteroatoms. The average molecular weight is 295 g/mol. The van der Waals surface area contributed by atoms with E-state index < -0.39 is 11.5 Å². The Labute approximate surface area is 126 Å². The van der Waals surface area contributed by atoms with Gasteiger partial charge in [0.2, 0.25) is 0 Å². The predicted molar refractivity (Wildman–Crippen MR) is 82.1 cm³/mol. The van der Waals surface area contributed by atoms with Gasteiger partial charge >= 0.3 is 5.97 Å². The maximum absolute atomic E-state index is 11.3. The van der Waals surface area contributed by atoms with Crippen LogP contribution in [0.2, 0.25) is 0 Å². The normalized spacial score (nSPS) is 11.2. The highest BCUT2D eigenvalue weighted by Crippen LogP contribution is 2.18. The van der Waals surface area contributed by atoms with Crippen LogP contribution in [0.5, 0.6) is 11.5 Å². The summed E-state index contributed by atoms with van der Waals surface area (Å²) < 4.78 is 10.9. The van der Waals surface area contributed by atoms with Gasteiger partial charge in [0.05, 0.1) is 6.61 Å². The summed E-state index contributed by atoms with van der Waals surface area (Å²) in [4.78, 5) is 11.3. The maximum atomic E-state index is 11.3. The SMILES string of the molecule is CCOc1ccc(OCCNC(CC)(CC)C(=O)O)cc1. The Hall–Kier alpha value is -1.75. The van der Waals surface area contributed by atoms with Crippen LogP contribution in [0.25, 0.3) is 0 Å². The largest absolute Gasteiger partial charge is 0.494 e. The fourth-order valence-corrected chi connectivity index (χ4v) is 2.14. The number of rotatable bonds is 10. The van der Waals surface area contributed by atoms with Gasteiger partial charge in [-0.2, -0.15) is 0 Å². The van der Waals surface area contributed by atoms with E-state index in [1.807, 2.05) is 45.0 Å². The molecule has 0 aliphatic heterocycles. The van der Waals surface area contributed by atoms with E-state index in [1.165, 1.54) is 0 Å². The number of hydrogen-bond donors (Lipinski definition) is 2. The molecule has 0 aromatic heterocycles. The summed E-state index contributed by atoms with van der Waals surface area (Å²) in [5.74, 6) is 0.743. The van der Waals surface area contributed by atoms with Gasteiger partial charge in [0.1, 0.15) is 23.6 Å². The molecule has 1 rings (SSSR count). The molecule has 118 valence electrons. The second-order valence-electron chi connectivity index (χ2n) is 4.77. The Balaban J connectivity index is 2.41. The molecule has 5 nitrogen and oxygen atoms in total. The van der Waals surface area contributed by atoms with E-state index in [-0.39, 0.29) is 0 Å². The van der Waals surface area contributed by atoms with Crippen LogP contribution in [0.4, 0.5) is 0 Å². The average Bonchev–Trinajstić information content (AvgIpc) is 2.49. The molecule has 2 N–H and O–H groups in total. The van der Waals surface area contributed by atoms with Crippen molar-refractivity contribution in [2.75, 3.05) is 19.8 Å². The van der Waals surface area contributed by atoms with Crippen molar-refractivity contribution in [3.63, 3.8) is 0 Å². The molecule has 0 amide bonds. The first-order valence-electron chi connectivity index (χ1n) is 7.42. The molecule has 1 aromatic carbocycles. The minimum Gasteiger partial charge on any atom is -0.494 e. The van der Waals surface area contributed by atoms with E-state index in [0.717, 1.165) is 11.5 Å². The van der Waals surface area contributed by atoms with Gasteiger partial charge in [0.25, 0.3) is 0 Å². The monoisotopic (exact) mass is 295 g/mol. The zero-order chi connectivity index (χ0) is 15.7. The molecule has 0 unspecified atom stereocenters. The first-order chi connectivity index (χ1) is 10.1. The number of nitrogens with one attached hydrogen (secondary N) is 1. The van der Waals surface area contributed by atoms with E-state index in [9.17, 15) is 9.90 Å². The van der Waals surface area contributed by atoms with Gasteiger partial charge in [0.15, 0.2) is 0 Å². The van der Waals surface area contributed by atoms with Gasteiger partial charge in [-0.05, 0) is 44.0 Å². The second-order valence-corrected chi connectivity index (χ2v) is 4.77. The lowest BCUT2D eigenvalue weighted by atomic mass is 9.93. The van der Waals surface area contributed by atoms with Gasteiger partial charge in [-0.15, -0.1) is 0 Å². The number of aliphatic carboxylic acids is 1. The molecule has 0 spiro atoms. The van der Waals surface area contributed by atoms with Crippen LogP contribution in [0.3, 0.4) is 0 Å². The molecule has 0 radical (unpaired) electrons. The molecule has 0 bridgehead atoms. The molecule has 0 saturated heterocycles. The Bertz CT molecular complexity index is 426. The number of carboxylic acids is 1. The van der Waals surface area contributed by atoms with Crippen molar-refractivity contribution in [3.05, 3.63) is 24.3 Å². The minimum absolute atomic E-state index is 0.420. The summed E-state index contributed by atoms with van der Waals surface area (Å²) in [5, 5.41) is 12.4. The van der Waals surface area contributed by atoms with Gasteiger partial charge in [-0.3, -0.25) is 10.1 Å². The van der Waals surface area contributed by atoms with Crippen molar-refractivity contribution in [1.29, 1.82) is 0 Å². The van der Waals surface area contributed by atoms with Gasteiger partial charge in [0, 0.05) is 6.54 Å². The standard InChI is InChI=1S/C16H25NO4/c1-4-16(5-2,15(18)19)17-11-12-21-14-9-7-13(8-10-14)20-6-3/h7-10,17H,4-6,11-12H2,1-3H3,(H,18,19). The Morgan fingerprint density at radius 1 is 1.10 bits per heavy atom. The molecule has 21 heavy (non-hydrogen) atoms. The molecule has 0 aliphatic carbocycles. The van der Waals surface area contributed by atoms with Crippen LogP contribution in [0.1, 0.15) is 33.6 Å². The topological polar surface area (TPSA) is 67.8 Å². The van der Waals surface area contributed by atoms with Gasteiger partial charge in [-0.25, -0.2) is 0 Å². The molecule has 0 fully saturated rings. The Morgan fingerprint density at radius 3 is 2.05 bits per heavy atom. The summed E-state index contributed by atoms with van der Waals surface area (Å²) in [7, 11) is 0. The van der Waals surface area contributed by atoms with E-state index in [2.05, 4.69) is 5.32 Å². The van der Waals surface area contributed by atoms with Crippen molar-refractivity contribution in [1.82, 2.24) is 5.32 Å². The lowest BCUT2D eigenvalue weighted by Crippen LogP contribution is -2.52. The van der Waals surface area contributed by atoms with Crippen molar-refractivity contribution < 1.29 is 19.4 Å². The van der Waals surface area contributed by atoms with E-state index in [4.69, 9.17) is 9.47 Å². The van der Waals surface area contributed by atoms with Crippen LogP contribution in [0.15, 0.2) is 24.3 Å². The summed E-state index contributed by atoms with van der Waals surface area (Å²) >= 11 is 0.